The summed E-state index contributed by atoms with van der Waals surface area (Å²) in [5, 5.41) is 3.93. The second-order valence-corrected chi connectivity index (χ2v) is 8.35. The van der Waals surface area contributed by atoms with Gasteiger partial charge in [-0.25, -0.2) is 4.79 Å². The molecule has 0 bridgehead atoms. The Kier molecular flexibility index (Phi) is 6.34. The highest BCUT2D eigenvalue weighted by molar-refractivity contribution is 5.97. The molecule has 2 aromatic rings. The monoisotopic (exact) mass is 415 g/mol. The molecule has 0 radical (unpaired) electrons. The van der Waals surface area contributed by atoms with Crippen molar-refractivity contribution in [3.05, 3.63) is 46.8 Å². The van der Waals surface area contributed by atoms with Gasteiger partial charge in [-0.1, -0.05) is 17.3 Å². The summed E-state index contributed by atoms with van der Waals surface area (Å²) >= 11 is 0. The lowest BCUT2D eigenvalue weighted by atomic mass is 10.1. The Morgan fingerprint density at radius 1 is 1.07 bits per heavy atom. The molecule has 1 aromatic heterocycles. The summed E-state index contributed by atoms with van der Waals surface area (Å²) in [6.07, 6.45) is -0.349. The number of benzene rings is 1. The lowest BCUT2D eigenvalue weighted by Crippen LogP contribution is -2.51. The van der Waals surface area contributed by atoms with E-state index in [1.807, 2.05) is 46.8 Å². The first kappa shape index (κ1) is 21.7. The largest absolute Gasteiger partial charge is 0.488 e. The number of para-hydroxylation sites is 1. The van der Waals surface area contributed by atoms with Crippen LogP contribution in [0.5, 0.6) is 5.75 Å². The molecule has 162 valence electrons. The van der Waals surface area contributed by atoms with Gasteiger partial charge in [0.1, 0.15) is 23.7 Å². The van der Waals surface area contributed by atoms with Crippen molar-refractivity contribution in [2.75, 3.05) is 26.2 Å². The summed E-state index contributed by atoms with van der Waals surface area (Å²) in [6.45, 7) is 11.2. The number of piperazine rings is 1. The van der Waals surface area contributed by atoms with Crippen molar-refractivity contribution in [2.24, 2.45) is 0 Å². The summed E-state index contributed by atoms with van der Waals surface area (Å²) in [6, 6.07) is 7.18. The minimum atomic E-state index is -0.540. The number of hydrogen-bond donors (Lipinski definition) is 0. The first-order valence-electron chi connectivity index (χ1n) is 10.1. The van der Waals surface area contributed by atoms with Crippen LogP contribution in [-0.4, -0.2) is 58.7 Å². The van der Waals surface area contributed by atoms with Crippen LogP contribution >= 0.6 is 0 Å². The zero-order chi connectivity index (χ0) is 21.9. The van der Waals surface area contributed by atoms with Crippen LogP contribution in [0, 0.1) is 13.8 Å². The second-order valence-electron chi connectivity index (χ2n) is 8.35. The van der Waals surface area contributed by atoms with Gasteiger partial charge in [0.05, 0.1) is 16.8 Å². The maximum atomic E-state index is 13.1. The molecule has 0 atom stereocenters. The third-order valence-electron chi connectivity index (χ3n) is 4.89. The van der Waals surface area contributed by atoms with E-state index in [9.17, 15) is 9.59 Å². The van der Waals surface area contributed by atoms with Crippen LogP contribution in [0.3, 0.4) is 0 Å². The average Bonchev–Trinajstić information content (AvgIpc) is 3.02. The molecule has 1 aromatic carbocycles. The molecule has 30 heavy (non-hydrogen) atoms. The first-order chi connectivity index (χ1) is 14.2. The Morgan fingerprint density at radius 3 is 2.30 bits per heavy atom. The number of hydrogen-bond acceptors (Lipinski definition) is 6. The van der Waals surface area contributed by atoms with E-state index in [0.29, 0.717) is 43.3 Å². The van der Waals surface area contributed by atoms with E-state index >= 15 is 0 Å². The van der Waals surface area contributed by atoms with Gasteiger partial charge in [0.25, 0.3) is 5.91 Å². The Hall–Kier alpha value is -3.03. The van der Waals surface area contributed by atoms with Crippen molar-refractivity contribution in [3.63, 3.8) is 0 Å². The highest BCUT2D eigenvalue weighted by atomic mass is 16.6. The van der Waals surface area contributed by atoms with Gasteiger partial charge >= 0.3 is 6.09 Å². The molecule has 8 nitrogen and oxygen atoms in total. The van der Waals surface area contributed by atoms with Gasteiger partial charge in [-0.2, -0.15) is 0 Å². The van der Waals surface area contributed by atoms with Gasteiger partial charge in [0, 0.05) is 26.2 Å². The summed E-state index contributed by atoms with van der Waals surface area (Å²) in [5.41, 5.74) is 1.61. The van der Waals surface area contributed by atoms with E-state index in [1.54, 1.807) is 21.9 Å². The number of rotatable bonds is 4. The second kappa shape index (κ2) is 8.77. The van der Waals surface area contributed by atoms with Gasteiger partial charge in [-0.05, 0) is 46.8 Å². The Bertz CT molecular complexity index is 888. The molecular formula is C22H29N3O5. The SMILES string of the molecule is Cc1noc(C)c1COc1ccccc1C(=O)N1CCN(C(=O)OC(C)(C)C)CC1. The van der Waals surface area contributed by atoms with Crippen molar-refractivity contribution in [2.45, 2.75) is 46.8 Å². The number of carbonyl (C=O) groups excluding carboxylic acids is 2. The fourth-order valence-electron chi connectivity index (χ4n) is 3.22. The van der Waals surface area contributed by atoms with Crippen molar-refractivity contribution in [3.8, 4) is 5.75 Å². The van der Waals surface area contributed by atoms with E-state index in [0.717, 1.165) is 11.3 Å². The zero-order valence-corrected chi connectivity index (χ0v) is 18.2. The van der Waals surface area contributed by atoms with Gasteiger partial charge in [-0.3, -0.25) is 4.79 Å². The van der Waals surface area contributed by atoms with Crippen LogP contribution in [0.25, 0.3) is 0 Å². The molecule has 0 spiro atoms. The number of carbonyl (C=O) groups is 2. The molecule has 1 fully saturated rings. The molecule has 1 aliphatic rings. The minimum Gasteiger partial charge on any atom is -0.488 e. The Morgan fingerprint density at radius 2 is 1.70 bits per heavy atom. The molecule has 1 saturated heterocycles. The van der Waals surface area contributed by atoms with Gasteiger partial charge < -0.3 is 23.8 Å². The molecule has 8 heteroatoms. The standard InChI is InChI=1S/C22H29N3O5/c1-15-18(16(2)30-23-15)14-28-19-9-7-6-8-17(19)20(26)24-10-12-25(13-11-24)21(27)29-22(3,4)5/h6-9H,10-14H2,1-5H3. The predicted molar refractivity (Wildman–Crippen MR) is 110 cm³/mol. The topological polar surface area (TPSA) is 85.1 Å². The van der Waals surface area contributed by atoms with Gasteiger partial charge in [0.15, 0.2) is 0 Å². The number of aromatic nitrogens is 1. The smallest absolute Gasteiger partial charge is 0.410 e. The minimum absolute atomic E-state index is 0.117. The predicted octanol–water partition coefficient (Wildman–Crippen LogP) is 3.56. The summed E-state index contributed by atoms with van der Waals surface area (Å²) in [4.78, 5) is 28.7. The Labute approximate surface area is 176 Å². The molecule has 1 aliphatic heterocycles. The molecule has 0 saturated carbocycles. The molecule has 3 rings (SSSR count). The average molecular weight is 415 g/mol. The third kappa shape index (κ3) is 5.11. The van der Waals surface area contributed by atoms with Gasteiger partial charge in [-0.15, -0.1) is 0 Å². The fraction of sp³-hybridized carbons (Fsp3) is 0.500. The lowest BCUT2D eigenvalue weighted by Gasteiger charge is -2.35. The fourth-order valence-corrected chi connectivity index (χ4v) is 3.22. The van der Waals surface area contributed by atoms with E-state index in [1.165, 1.54) is 0 Å². The summed E-state index contributed by atoms with van der Waals surface area (Å²) < 4.78 is 16.5. The van der Waals surface area contributed by atoms with E-state index < -0.39 is 5.60 Å². The Balaban J connectivity index is 1.63. The lowest BCUT2D eigenvalue weighted by molar-refractivity contribution is 0.0140. The summed E-state index contributed by atoms with van der Waals surface area (Å²) in [5.74, 6) is 1.10. The van der Waals surface area contributed by atoms with Crippen LogP contribution < -0.4 is 4.74 Å². The van der Waals surface area contributed by atoms with E-state index in [2.05, 4.69) is 5.16 Å². The highest BCUT2D eigenvalue weighted by Gasteiger charge is 2.29. The molecule has 0 aliphatic carbocycles. The van der Waals surface area contributed by atoms with Crippen LogP contribution in [0.15, 0.2) is 28.8 Å². The van der Waals surface area contributed by atoms with Crippen LogP contribution in [-0.2, 0) is 11.3 Å². The van der Waals surface area contributed by atoms with Crippen molar-refractivity contribution in [1.29, 1.82) is 0 Å². The number of amides is 2. The van der Waals surface area contributed by atoms with Crippen molar-refractivity contribution < 1.29 is 23.6 Å². The number of ether oxygens (including phenoxy) is 2. The molecule has 2 heterocycles. The normalized spacial score (nSPS) is 14.6. The molecule has 0 N–H and O–H groups in total. The molecule has 2 amide bonds. The zero-order valence-electron chi connectivity index (χ0n) is 18.2. The third-order valence-corrected chi connectivity index (χ3v) is 4.89. The number of aryl methyl sites for hydroxylation is 2. The first-order valence-corrected chi connectivity index (χ1v) is 10.1. The van der Waals surface area contributed by atoms with Gasteiger partial charge in [0.2, 0.25) is 0 Å². The molecular weight excluding hydrogens is 386 g/mol. The van der Waals surface area contributed by atoms with Crippen molar-refractivity contribution in [1.82, 2.24) is 15.0 Å². The van der Waals surface area contributed by atoms with Crippen LogP contribution in [0.4, 0.5) is 4.79 Å². The van der Waals surface area contributed by atoms with E-state index in [4.69, 9.17) is 14.0 Å². The van der Waals surface area contributed by atoms with Crippen LogP contribution in [0.1, 0.15) is 48.1 Å². The number of nitrogens with zero attached hydrogens (tertiary/aromatic N) is 3. The molecule has 0 unspecified atom stereocenters. The maximum Gasteiger partial charge on any atom is 0.410 e. The van der Waals surface area contributed by atoms with Crippen molar-refractivity contribution >= 4 is 12.0 Å². The maximum absolute atomic E-state index is 13.1. The summed E-state index contributed by atoms with van der Waals surface area (Å²) in [7, 11) is 0. The van der Waals surface area contributed by atoms with E-state index in [-0.39, 0.29) is 18.6 Å². The van der Waals surface area contributed by atoms with Crippen LogP contribution in [0.2, 0.25) is 0 Å². The quantitative estimate of drug-likeness (QED) is 0.759. The highest BCUT2D eigenvalue weighted by Crippen LogP contribution is 2.23.